The Morgan fingerprint density at radius 2 is 1.33 bits per heavy atom. The minimum absolute atomic E-state index is 0. The summed E-state index contributed by atoms with van der Waals surface area (Å²) in [5.41, 5.74) is 13.5. The first-order valence-corrected chi connectivity index (χ1v) is 17.6. The van der Waals surface area contributed by atoms with Crippen LogP contribution in [0.5, 0.6) is 0 Å². The molecule has 0 fully saturated rings. The van der Waals surface area contributed by atoms with Crippen molar-refractivity contribution < 1.29 is 24.2 Å². The van der Waals surface area contributed by atoms with Crippen LogP contribution in [0, 0.1) is 12.1 Å². The molecule has 0 amide bonds. The molecule has 0 aliphatic heterocycles. The van der Waals surface area contributed by atoms with E-state index in [-0.39, 0.29) is 35.6 Å². The fraction of sp³-hybridized carbons (Fsp3) is 0.326. The van der Waals surface area contributed by atoms with Gasteiger partial charge in [-0.05, 0) is 39.5 Å². The van der Waals surface area contributed by atoms with Crippen LogP contribution in [-0.2, 0) is 41.5 Å². The molecule has 0 saturated carbocycles. The average molecular weight is 729 g/mol. The van der Waals surface area contributed by atoms with E-state index in [1.807, 2.05) is 12.2 Å². The van der Waals surface area contributed by atoms with Crippen LogP contribution < -0.4 is 0 Å². The molecule has 0 aromatic heterocycles. The predicted octanol–water partition coefficient (Wildman–Crippen LogP) is 12.7. The fourth-order valence-corrected chi connectivity index (χ4v) is 6.25. The molecule has 0 bridgehead atoms. The van der Waals surface area contributed by atoms with E-state index >= 15 is 0 Å². The van der Waals surface area contributed by atoms with Crippen LogP contribution in [0.15, 0.2) is 97.1 Å². The van der Waals surface area contributed by atoms with Gasteiger partial charge in [0.05, 0.1) is 0 Å². The molecule has 2 aliphatic carbocycles. The molecule has 3 heteroatoms. The van der Waals surface area contributed by atoms with E-state index in [0.717, 1.165) is 12.8 Å². The number of halogens is 2. The third kappa shape index (κ3) is 10.3. The summed E-state index contributed by atoms with van der Waals surface area (Å²) in [5.74, 6) is 0. The number of allylic oxidation sites excluding steroid dienone is 4. The molecule has 46 heavy (non-hydrogen) atoms. The van der Waals surface area contributed by atoms with Crippen molar-refractivity contribution in [3.8, 4) is 33.4 Å². The molecule has 0 N–H and O–H groups in total. The Balaban J connectivity index is 0.000000485. The smallest absolute Gasteiger partial charge is 0.109 e. The summed E-state index contributed by atoms with van der Waals surface area (Å²) in [6, 6.07) is 32.8. The van der Waals surface area contributed by atoms with E-state index in [1.165, 1.54) is 74.9 Å². The maximum Gasteiger partial charge on any atom is -0.109 e. The van der Waals surface area contributed by atoms with Gasteiger partial charge >= 0.3 is 54.1 Å². The molecular weight excluding hydrogens is 679 g/mol. The zero-order valence-electron chi connectivity index (χ0n) is 28.7. The van der Waals surface area contributed by atoms with Gasteiger partial charge in [0.25, 0.3) is 0 Å². The number of hydrogen-bond donors (Lipinski definition) is 0. The molecule has 2 aliphatic rings. The third-order valence-corrected chi connectivity index (χ3v) is 8.82. The van der Waals surface area contributed by atoms with Crippen LogP contribution in [-0.4, -0.2) is 3.71 Å². The van der Waals surface area contributed by atoms with Gasteiger partial charge in [-0.15, -0.1) is 60.1 Å². The normalized spacial score (nSPS) is 12.4. The third-order valence-electron chi connectivity index (χ3n) is 8.11. The Kier molecular flexibility index (Phi) is 15.9. The molecule has 240 valence electrons. The molecule has 0 saturated heterocycles. The number of hydrogen-bond acceptors (Lipinski definition) is 0. The first-order valence-electron chi connectivity index (χ1n) is 16.1. The Bertz CT molecular complexity index is 1490. The minimum atomic E-state index is 0. The van der Waals surface area contributed by atoms with Gasteiger partial charge < -0.3 is 0 Å². The van der Waals surface area contributed by atoms with Gasteiger partial charge in [0.1, 0.15) is 0 Å². The van der Waals surface area contributed by atoms with Crippen molar-refractivity contribution in [1.29, 1.82) is 0 Å². The van der Waals surface area contributed by atoms with Crippen LogP contribution in [0.3, 0.4) is 0 Å². The summed E-state index contributed by atoms with van der Waals surface area (Å²) in [7, 11) is 0. The van der Waals surface area contributed by atoms with E-state index in [4.69, 9.17) is 0 Å². The van der Waals surface area contributed by atoms with Crippen molar-refractivity contribution >= 4 is 28.5 Å². The van der Waals surface area contributed by atoms with Crippen LogP contribution in [0.4, 0.5) is 0 Å². The second-order valence-electron chi connectivity index (χ2n) is 13.8. The summed E-state index contributed by atoms with van der Waals surface area (Å²) in [5, 5.41) is 0. The molecule has 0 radical (unpaired) electrons. The van der Waals surface area contributed by atoms with E-state index in [2.05, 4.69) is 149 Å². The maximum atomic E-state index is 3.88. The van der Waals surface area contributed by atoms with Crippen molar-refractivity contribution in [2.24, 2.45) is 0 Å². The summed E-state index contributed by atoms with van der Waals surface area (Å²) >= 11 is 1.57. The first-order chi connectivity index (χ1) is 21.0. The molecule has 4 aromatic carbocycles. The van der Waals surface area contributed by atoms with Crippen molar-refractivity contribution in [1.82, 2.24) is 0 Å². The van der Waals surface area contributed by atoms with Gasteiger partial charge in [-0.2, -0.15) is 6.08 Å². The largest absolute Gasteiger partial charge is 0.273 e. The molecule has 0 atom stereocenters. The van der Waals surface area contributed by atoms with Crippen molar-refractivity contribution in [2.45, 2.75) is 91.4 Å². The van der Waals surface area contributed by atoms with Gasteiger partial charge in [0, 0.05) is 0 Å². The quantitative estimate of drug-likeness (QED) is 0.125. The first kappa shape index (κ1) is 39.9. The molecule has 0 nitrogen and oxygen atoms in total. The van der Waals surface area contributed by atoms with Gasteiger partial charge in [-0.25, -0.2) is 12.2 Å². The van der Waals surface area contributed by atoms with Crippen LogP contribution in [0.25, 0.3) is 33.4 Å². The van der Waals surface area contributed by atoms with Gasteiger partial charge in [-0.1, -0.05) is 131 Å². The van der Waals surface area contributed by atoms with Crippen molar-refractivity contribution in [3.63, 3.8) is 0 Å². The number of benzene rings is 4. The second-order valence-corrected chi connectivity index (χ2v) is 14.8. The molecule has 0 unspecified atom stereocenters. The molecule has 0 heterocycles. The molecule has 6 rings (SSSR count). The van der Waals surface area contributed by atoms with Crippen LogP contribution >= 0.6 is 24.8 Å². The molecule has 0 spiro atoms. The van der Waals surface area contributed by atoms with E-state index in [9.17, 15) is 0 Å². The number of unbranched alkanes of at least 4 members (excludes halogenated alkanes) is 2. The molecular formula is C43H50Cl2Zr. The number of rotatable bonds is 5. The summed E-state index contributed by atoms with van der Waals surface area (Å²) in [6.07, 6.45) is 15.0. The number of fused-ring (bicyclic) bond motifs is 3. The Labute approximate surface area is 307 Å². The summed E-state index contributed by atoms with van der Waals surface area (Å²) in [6.45, 7) is 16.1. The fourth-order valence-electron chi connectivity index (χ4n) is 5.75. The minimum Gasteiger partial charge on any atom is -0.273 e. The summed E-state index contributed by atoms with van der Waals surface area (Å²) < 4.78 is 2.30. The Morgan fingerprint density at radius 1 is 0.739 bits per heavy atom. The van der Waals surface area contributed by atoms with Crippen molar-refractivity contribution in [3.05, 3.63) is 131 Å². The molecule has 4 aromatic rings. The predicted molar refractivity (Wildman–Crippen MR) is 203 cm³/mol. The average Bonchev–Trinajstić information content (AvgIpc) is 3.71. The Hall–Kier alpha value is -2.31. The van der Waals surface area contributed by atoms with E-state index in [0.29, 0.717) is 0 Å². The topological polar surface area (TPSA) is 0 Å². The van der Waals surface area contributed by atoms with E-state index < -0.39 is 0 Å². The zero-order valence-corrected chi connectivity index (χ0v) is 32.8. The standard InChI is InChI=1S/C33H33.C5H5.C5H10.2ClH.Zr/c1-32(2,3)30-20-26-24(18-28(30)22-13-9-7-10-14-22)17-25-19-29(23-15-11-8-12-16-23)31(21-27(25)26)33(4,5)6;1-2-4-5-3-1;1-3-5-4-2;;;/h7-16,18,20-21H,17H2,1-6H3;1-3H,4H2;1H,3-5H2,2H3;2*1H;/q2*-1;;;;+2. The second kappa shape index (κ2) is 18.3. The van der Waals surface area contributed by atoms with Gasteiger partial charge in [-0.3, -0.25) is 6.08 Å². The zero-order chi connectivity index (χ0) is 31.7. The van der Waals surface area contributed by atoms with Crippen molar-refractivity contribution in [2.75, 3.05) is 0 Å². The van der Waals surface area contributed by atoms with Gasteiger partial charge in [0.2, 0.25) is 0 Å². The van der Waals surface area contributed by atoms with Crippen LogP contribution in [0.2, 0.25) is 0 Å². The maximum absolute atomic E-state index is 3.88. The Morgan fingerprint density at radius 3 is 1.78 bits per heavy atom. The van der Waals surface area contributed by atoms with E-state index in [1.54, 1.807) is 24.2 Å². The summed E-state index contributed by atoms with van der Waals surface area (Å²) in [4.78, 5) is 0. The monoisotopic (exact) mass is 726 g/mol. The SMILES string of the molecule is CC(C)(C)c1cc2c([c-]c1-c1ccccc1)Cc1cc(-c3ccccc3)c(C(C)(C)C)cc1-2.CCCC[CH]=[Zr+2].Cl.Cl.[C-]1=CC=CC1. The van der Waals surface area contributed by atoms with Crippen LogP contribution in [0.1, 0.15) is 96.4 Å². The van der Waals surface area contributed by atoms with Gasteiger partial charge in [0.15, 0.2) is 0 Å².